The Bertz CT molecular complexity index is 894. The number of alkyl halides is 2. The van der Waals surface area contributed by atoms with Crippen LogP contribution in [0.4, 0.5) is 18.9 Å². The van der Waals surface area contributed by atoms with E-state index in [0.717, 1.165) is 18.3 Å². The number of halogens is 4. The van der Waals surface area contributed by atoms with Gasteiger partial charge < -0.3 is 15.8 Å². The molecule has 11 heteroatoms. The molecule has 0 unspecified atom stereocenters. The van der Waals surface area contributed by atoms with Crippen LogP contribution in [-0.2, 0) is 10.3 Å². The van der Waals surface area contributed by atoms with Crippen LogP contribution in [0.2, 0.25) is 5.15 Å². The summed E-state index contributed by atoms with van der Waals surface area (Å²) in [5.74, 6) is -1.57. The summed E-state index contributed by atoms with van der Waals surface area (Å²) < 4.78 is 46.9. The van der Waals surface area contributed by atoms with Crippen molar-refractivity contribution in [3.63, 3.8) is 0 Å². The van der Waals surface area contributed by atoms with Gasteiger partial charge in [0.05, 0.1) is 19.0 Å². The summed E-state index contributed by atoms with van der Waals surface area (Å²) >= 11 is 5.61. The van der Waals surface area contributed by atoms with Crippen molar-refractivity contribution >= 4 is 29.2 Å². The first-order valence-electron chi connectivity index (χ1n) is 7.67. The lowest BCUT2D eigenvalue weighted by Crippen LogP contribution is -2.41. The smallest absolute Gasteiger partial charge is 0.283 e. The van der Waals surface area contributed by atoms with Gasteiger partial charge in [-0.3, -0.25) is 4.79 Å². The first kappa shape index (κ1) is 18.9. The van der Waals surface area contributed by atoms with E-state index in [0.29, 0.717) is 0 Å². The second kappa shape index (κ2) is 7.39. The Balaban J connectivity index is 1.95. The van der Waals surface area contributed by atoms with Crippen molar-refractivity contribution < 1.29 is 22.7 Å². The van der Waals surface area contributed by atoms with Crippen molar-refractivity contribution in [1.29, 1.82) is 0 Å². The Morgan fingerprint density at radius 1 is 1.33 bits per heavy atom. The van der Waals surface area contributed by atoms with E-state index in [1.165, 1.54) is 12.3 Å². The van der Waals surface area contributed by atoms with Crippen molar-refractivity contribution in [3.05, 3.63) is 52.8 Å². The zero-order valence-corrected chi connectivity index (χ0v) is 14.4. The number of nitrogens with zero attached hydrogens (tertiary/aromatic N) is 3. The standard InChI is InChI=1S/C16H13ClF3N5O2/c17-12-7-22-11(6-23-12)13(26)24-8-1-2-10(18)9(5-8)16(14(19)20)3-4-27-15(21)25-16/h1-2,5-7,14H,3-4H2,(H2,21,25)(H,24,26)/t16-/m0/s1. The molecule has 0 radical (unpaired) electrons. The van der Waals surface area contributed by atoms with Gasteiger partial charge in [-0.15, -0.1) is 0 Å². The van der Waals surface area contributed by atoms with Gasteiger partial charge in [-0.05, 0) is 18.2 Å². The Morgan fingerprint density at radius 2 is 2.11 bits per heavy atom. The fourth-order valence-electron chi connectivity index (χ4n) is 2.63. The van der Waals surface area contributed by atoms with E-state index in [9.17, 15) is 18.0 Å². The Labute approximate surface area is 156 Å². The van der Waals surface area contributed by atoms with E-state index in [-0.39, 0.29) is 29.6 Å². The zero-order valence-electron chi connectivity index (χ0n) is 13.6. The van der Waals surface area contributed by atoms with Gasteiger partial charge in [0, 0.05) is 17.7 Å². The molecule has 1 aliphatic heterocycles. The van der Waals surface area contributed by atoms with Crippen LogP contribution in [0.25, 0.3) is 0 Å². The van der Waals surface area contributed by atoms with Gasteiger partial charge >= 0.3 is 0 Å². The second-order valence-corrected chi connectivity index (χ2v) is 6.03. The molecule has 7 nitrogen and oxygen atoms in total. The minimum absolute atomic E-state index is 0.0535. The predicted octanol–water partition coefficient (Wildman–Crippen LogP) is 2.72. The lowest BCUT2D eigenvalue weighted by atomic mass is 9.86. The lowest BCUT2D eigenvalue weighted by Gasteiger charge is -2.33. The highest BCUT2D eigenvalue weighted by molar-refractivity contribution is 6.29. The monoisotopic (exact) mass is 399 g/mol. The number of carbonyl (C=O) groups is 1. The Morgan fingerprint density at radius 3 is 2.74 bits per heavy atom. The molecule has 1 aliphatic rings. The van der Waals surface area contributed by atoms with Crippen LogP contribution < -0.4 is 11.1 Å². The van der Waals surface area contributed by atoms with Crippen molar-refractivity contribution in [3.8, 4) is 0 Å². The molecule has 0 spiro atoms. The summed E-state index contributed by atoms with van der Waals surface area (Å²) in [7, 11) is 0. The van der Waals surface area contributed by atoms with Gasteiger partial charge in [0.15, 0.2) is 5.54 Å². The molecule has 2 aromatic rings. The van der Waals surface area contributed by atoms with Gasteiger partial charge in [-0.1, -0.05) is 11.6 Å². The minimum atomic E-state index is -3.04. The van der Waals surface area contributed by atoms with Gasteiger partial charge in [-0.25, -0.2) is 28.1 Å². The molecule has 0 saturated heterocycles. The number of carbonyl (C=O) groups excluding carboxylic acids is 1. The van der Waals surface area contributed by atoms with Gasteiger partial charge in [0.1, 0.15) is 16.7 Å². The number of ether oxygens (including phenoxy) is 1. The van der Waals surface area contributed by atoms with Crippen LogP contribution in [0.15, 0.2) is 35.6 Å². The molecule has 27 heavy (non-hydrogen) atoms. The fourth-order valence-corrected chi connectivity index (χ4v) is 2.72. The maximum absolute atomic E-state index is 14.4. The molecular formula is C16H13ClF3N5O2. The number of amides is 1. The Hall–Kier alpha value is -2.88. The highest BCUT2D eigenvalue weighted by Gasteiger charge is 2.46. The van der Waals surface area contributed by atoms with E-state index < -0.39 is 35.3 Å². The van der Waals surface area contributed by atoms with E-state index in [2.05, 4.69) is 20.3 Å². The molecule has 1 aromatic carbocycles. The molecule has 0 bridgehead atoms. The topological polar surface area (TPSA) is 102 Å². The molecule has 1 atom stereocenters. The molecule has 0 fully saturated rings. The van der Waals surface area contributed by atoms with Crippen LogP contribution >= 0.6 is 11.6 Å². The average Bonchev–Trinajstić information content (AvgIpc) is 2.63. The third-order valence-corrected chi connectivity index (χ3v) is 4.14. The highest BCUT2D eigenvalue weighted by Crippen LogP contribution is 2.40. The molecule has 0 aliphatic carbocycles. The number of anilines is 1. The van der Waals surface area contributed by atoms with Crippen molar-refractivity contribution in [1.82, 2.24) is 9.97 Å². The summed E-state index contributed by atoms with van der Waals surface area (Å²) in [5, 5.41) is 2.55. The largest absolute Gasteiger partial charge is 0.465 e. The first-order chi connectivity index (χ1) is 12.8. The highest BCUT2D eigenvalue weighted by atomic mass is 35.5. The maximum Gasteiger partial charge on any atom is 0.283 e. The molecule has 2 heterocycles. The zero-order chi connectivity index (χ0) is 19.6. The Kier molecular flexibility index (Phi) is 5.17. The summed E-state index contributed by atoms with van der Waals surface area (Å²) in [6.07, 6.45) is -0.991. The number of aromatic nitrogens is 2. The molecule has 3 rings (SSSR count). The SMILES string of the molecule is NC1=N[C@@](c2cc(NC(=O)c3cnc(Cl)cn3)ccc2F)(C(F)F)CCO1. The van der Waals surface area contributed by atoms with E-state index in [1.54, 1.807) is 0 Å². The number of benzene rings is 1. The minimum Gasteiger partial charge on any atom is -0.465 e. The number of amidine groups is 1. The number of rotatable bonds is 4. The average molecular weight is 400 g/mol. The summed E-state index contributed by atoms with van der Waals surface area (Å²) in [4.78, 5) is 23.4. The quantitative estimate of drug-likeness (QED) is 0.823. The molecule has 0 saturated carbocycles. The molecule has 3 N–H and O–H groups in total. The molecular weight excluding hydrogens is 387 g/mol. The maximum atomic E-state index is 14.4. The van der Waals surface area contributed by atoms with Crippen LogP contribution in [0.5, 0.6) is 0 Å². The normalized spacial score (nSPS) is 19.4. The molecule has 1 aromatic heterocycles. The number of aliphatic imine (C=N–C) groups is 1. The summed E-state index contributed by atoms with van der Waals surface area (Å²) in [5.41, 5.74) is 2.84. The van der Waals surface area contributed by atoms with Crippen LogP contribution in [0.3, 0.4) is 0 Å². The van der Waals surface area contributed by atoms with Gasteiger partial charge in [0.25, 0.3) is 18.4 Å². The third-order valence-electron chi connectivity index (χ3n) is 3.95. The number of nitrogens with one attached hydrogen (secondary N) is 1. The summed E-state index contributed by atoms with van der Waals surface area (Å²) in [6, 6.07) is 2.83. The first-order valence-corrected chi connectivity index (χ1v) is 8.05. The van der Waals surface area contributed by atoms with Crippen LogP contribution in [-0.4, -0.2) is 34.9 Å². The van der Waals surface area contributed by atoms with Crippen molar-refractivity contribution in [2.45, 2.75) is 18.4 Å². The molecule has 1 amide bonds. The number of hydrogen-bond acceptors (Lipinski definition) is 6. The summed E-state index contributed by atoms with van der Waals surface area (Å²) in [6.45, 7) is -0.143. The number of hydrogen-bond donors (Lipinski definition) is 2. The van der Waals surface area contributed by atoms with E-state index >= 15 is 0 Å². The van der Waals surface area contributed by atoms with Crippen LogP contribution in [0.1, 0.15) is 22.5 Å². The predicted molar refractivity (Wildman–Crippen MR) is 91.3 cm³/mol. The van der Waals surface area contributed by atoms with E-state index in [1.807, 2.05) is 0 Å². The van der Waals surface area contributed by atoms with Crippen molar-refractivity contribution in [2.75, 3.05) is 11.9 Å². The number of nitrogens with two attached hydrogens (primary N) is 1. The fraction of sp³-hybridized carbons (Fsp3) is 0.250. The molecule has 142 valence electrons. The second-order valence-electron chi connectivity index (χ2n) is 5.65. The van der Waals surface area contributed by atoms with Gasteiger partial charge in [-0.2, -0.15) is 0 Å². The van der Waals surface area contributed by atoms with Crippen LogP contribution in [0, 0.1) is 5.82 Å². The van der Waals surface area contributed by atoms with E-state index in [4.69, 9.17) is 22.1 Å². The third kappa shape index (κ3) is 3.80. The van der Waals surface area contributed by atoms with Crippen molar-refractivity contribution in [2.24, 2.45) is 10.7 Å². The lowest BCUT2D eigenvalue weighted by molar-refractivity contribution is 0.0247. The van der Waals surface area contributed by atoms with Gasteiger partial charge in [0.2, 0.25) is 0 Å².